The van der Waals surface area contributed by atoms with Crippen LogP contribution in [0.3, 0.4) is 0 Å². The van der Waals surface area contributed by atoms with Gasteiger partial charge in [-0.25, -0.2) is 0 Å². The molecule has 2 heterocycles. The maximum absolute atomic E-state index is 12.6. The van der Waals surface area contributed by atoms with E-state index in [4.69, 9.17) is 18.4 Å². The van der Waals surface area contributed by atoms with Crippen LogP contribution < -0.4 is 5.32 Å². The second kappa shape index (κ2) is 15.5. The first-order chi connectivity index (χ1) is 17.2. The predicted octanol–water partition coefficient (Wildman–Crippen LogP) is 1.50. The molecule has 1 amide bonds. The van der Waals surface area contributed by atoms with E-state index in [1.807, 2.05) is 7.05 Å². The Labute approximate surface area is 219 Å². The molecular formula is C24H38N2O8S2. The molecule has 36 heavy (non-hydrogen) atoms. The van der Waals surface area contributed by atoms with Gasteiger partial charge in [0, 0.05) is 24.9 Å². The molecule has 0 spiro atoms. The Bertz CT molecular complexity index is 916. The molecule has 0 aromatic heterocycles. The number of thiol groups is 1. The first-order valence-electron chi connectivity index (χ1n) is 12.1. The maximum Gasteiger partial charge on any atom is 0.313 e. The van der Waals surface area contributed by atoms with Crippen LogP contribution in [0.1, 0.15) is 26.2 Å². The van der Waals surface area contributed by atoms with Gasteiger partial charge in [0.05, 0.1) is 43.3 Å². The average Bonchev–Trinajstić information content (AvgIpc) is 3.10. The number of hydrogen-bond acceptors (Lipinski definition) is 10. The van der Waals surface area contributed by atoms with E-state index in [9.17, 15) is 18.0 Å². The van der Waals surface area contributed by atoms with E-state index < -0.39 is 22.1 Å². The van der Waals surface area contributed by atoms with Gasteiger partial charge in [0.1, 0.15) is 6.61 Å². The zero-order valence-electron chi connectivity index (χ0n) is 21.1. The lowest BCUT2D eigenvalue weighted by Crippen LogP contribution is -2.53. The molecule has 0 radical (unpaired) electrons. The fourth-order valence-electron chi connectivity index (χ4n) is 4.39. The van der Waals surface area contributed by atoms with Gasteiger partial charge in [0.25, 0.3) is 10.1 Å². The third-order valence-corrected chi connectivity index (χ3v) is 7.71. The topological polar surface area (TPSA) is 120 Å². The normalized spacial score (nSPS) is 23.4. The van der Waals surface area contributed by atoms with E-state index >= 15 is 0 Å². The molecule has 1 N–H and O–H groups in total. The lowest BCUT2D eigenvalue weighted by Gasteiger charge is -2.40. The number of esters is 1. The number of amides is 1. The number of fused-ring (bicyclic) bond motifs is 2. The molecule has 4 atom stereocenters. The minimum absolute atomic E-state index is 0.0289. The summed E-state index contributed by atoms with van der Waals surface area (Å²) in [5, 5.41) is 2.45. The van der Waals surface area contributed by atoms with Crippen molar-refractivity contribution in [3.8, 4) is 0 Å². The molecule has 1 aromatic carbocycles. The van der Waals surface area contributed by atoms with E-state index in [0.717, 1.165) is 12.8 Å². The number of nitrogens with one attached hydrogen (secondary N) is 1. The van der Waals surface area contributed by atoms with Crippen LogP contribution in [0.2, 0.25) is 0 Å². The van der Waals surface area contributed by atoms with Crippen LogP contribution in [0.5, 0.6) is 0 Å². The molecule has 10 nitrogen and oxygen atoms in total. The van der Waals surface area contributed by atoms with Crippen LogP contribution in [0, 0.1) is 5.92 Å². The van der Waals surface area contributed by atoms with Crippen molar-refractivity contribution in [2.45, 2.75) is 49.3 Å². The van der Waals surface area contributed by atoms with Gasteiger partial charge in [-0.1, -0.05) is 18.2 Å². The van der Waals surface area contributed by atoms with Crippen molar-refractivity contribution in [1.82, 2.24) is 10.2 Å². The molecule has 2 fully saturated rings. The van der Waals surface area contributed by atoms with Gasteiger partial charge in [-0.05, 0) is 45.4 Å². The van der Waals surface area contributed by atoms with Crippen LogP contribution in [0.4, 0.5) is 0 Å². The van der Waals surface area contributed by atoms with Crippen molar-refractivity contribution in [3.63, 3.8) is 0 Å². The molecule has 2 bridgehead atoms. The van der Waals surface area contributed by atoms with Gasteiger partial charge in [-0.2, -0.15) is 21.0 Å². The molecule has 2 saturated heterocycles. The molecule has 0 aliphatic carbocycles. The standard InChI is InChI=1S/C17H23NO5S.C7H15NO3S/c1-3-22-17(19)16-14-10-9-12(18(14)2)11-15(16)23-24(20,21)13-7-5-4-6-8-13;1-8-7(9)6-11-3-2-10-4-5-12/h4-8,12,14-16H,3,9-11H2,1-2H3;12H,2-6H2,1H3,(H,8,9). The first-order valence-corrected chi connectivity index (χ1v) is 14.1. The van der Waals surface area contributed by atoms with Crippen LogP contribution in [0.15, 0.2) is 35.2 Å². The molecule has 4 unspecified atom stereocenters. The van der Waals surface area contributed by atoms with Gasteiger partial charge in [-0.15, -0.1) is 0 Å². The predicted molar refractivity (Wildman–Crippen MR) is 137 cm³/mol. The number of nitrogens with zero attached hydrogens (tertiary/aromatic N) is 1. The lowest BCUT2D eigenvalue weighted by molar-refractivity contribution is -0.157. The summed E-state index contributed by atoms with van der Waals surface area (Å²) < 4.78 is 45.9. The van der Waals surface area contributed by atoms with E-state index in [1.165, 1.54) is 12.1 Å². The molecule has 1 aromatic rings. The SMILES string of the molecule is CCOC(=O)C1C(OS(=O)(=O)c2ccccc2)CC2CCC1N2C.CNC(=O)COCCOCCS. The van der Waals surface area contributed by atoms with Crippen molar-refractivity contribution in [3.05, 3.63) is 30.3 Å². The van der Waals surface area contributed by atoms with Crippen LogP contribution >= 0.6 is 12.6 Å². The number of rotatable bonds is 12. The summed E-state index contributed by atoms with van der Waals surface area (Å²) in [6.07, 6.45) is 1.64. The minimum Gasteiger partial charge on any atom is -0.466 e. The number of benzene rings is 1. The van der Waals surface area contributed by atoms with E-state index in [0.29, 0.717) is 32.0 Å². The summed E-state index contributed by atoms with van der Waals surface area (Å²) in [6, 6.07) is 8.26. The van der Waals surface area contributed by atoms with Crippen molar-refractivity contribution < 1.29 is 36.4 Å². The third kappa shape index (κ3) is 9.00. The molecule has 3 rings (SSSR count). The number of likely N-dealkylation sites (N-methyl/N-ethyl adjacent to an activating group) is 1. The van der Waals surface area contributed by atoms with E-state index in [2.05, 4.69) is 22.8 Å². The van der Waals surface area contributed by atoms with Gasteiger partial charge >= 0.3 is 5.97 Å². The van der Waals surface area contributed by atoms with Gasteiger partial charge < -0.3 is 19.5 Å². The Kier molecular flexibility index (Phi) is 13.2. The van der Waals surface area contributed by atoms with Crippen molar-refractivity contribution in [2.75, 3.05) is 52.9 Å². The molecule has 2 aliphatic rings. The highest BCUT2D eigenvalue weighted by Gasteiger charge is 2.51. The highest BCUT2D eigenvalue weighted by Crippen LogP contribution is 2.41. The summed E-state index contributed by atoms with van der Waals surface area (Å²) in [5.74, 6) is -0.366. The zero-order chi connectivity index (χ0) is 26.6. The van der Waals surface area contributed by atoms with Crippen molar-refractivity contribution in [1.29, 1.82) is 0 Å². The number of carbonyl (C=O) groups is 2. The van der Waals surface area contributed by atoms with Crippen LogP contribution in [-0.2, 0) is 38.1 Å². The lowest BCUT2D eigenvalue weighted by atomic mass is 9.88. The summed E-state index contributed by atoms with van der Waals surface area (Å²) in [5.41, 5.74) is 0. The Morgan fingerprint density at radius 3 is 2.44 bits per heavy atom. The Hall–Kier alpha value is -1.70. The molecule has 204 valence electrons. The minimum atomic E-state index is -3.90. The van der Waals surface area contributed by atoms with Crippen LogP contribution in [-0.4, -0.2) is 96.3 Å². The molecular weight excluding hydrogens is 508 g/mol. The second-order valence-electron chi connectivity index (χ2n) is 8.44. The number of hydrogen-bond donors (Lipinski definition) is 2. The summed E-state index contributed by atoms with van der Waals surface area (Å²) in [4.78, 5) is 25.3. The molecule has 12 heteroatoms. The number of carbonyl (C=O) groups excluding carboxylic acids is 2. The maximum atomic E-state index is 12.6. The number of piperidine rings is 1. The monoisotopic (exact) mass is 546 g/mol. The summed E-state index contributed by atoms with van der Waals surface area (Å²) in [7, 11) is -0.349. The molecule has 2 aliphatic heterocycles. The first kappa shape index (κ1) is 30.5. The van der Waals surface area contributed by atoms with E-state index in [-0.39, 0.29) is 42.1 Å². The quantitative estimate of drug-likeness (QED) is 0.174. The number of ether oxygens (including phenoxy) is 3. The Morgan fingerprint density at radius 2 is 1.81 bits per heavy atom. The van der Waals surface area contributed by atoms with Gasteiger partial charge in [-0.3, -0.25) is 18.7 Å². The van der Waals surface area contributed by atoms with Crippen LogP contribution in [0.25, 0.3) is 0 Å². The second-order valence-corrected chi connectivity index (χ2v) is 10.5. The Balaban J connectivity index is 0.000000324. The average molecular weight is 547 g/mol. The molecule has 0 saturated carbocycles. The van der Waals surface area contributed by atoms with Crippen molar-refractivity contribution in [2.24, 2.45) is 5.92 Å². The highest BCUT2D eigenvalue weighted by molar-refractivity contribution is 7.86. The third-order valence-electron chi connectivity index (χ3n) is 6.17. The zero-order valence-corrected chi connectivity index (χ0v) is 22.8. The van der Waals surface area contributed by atoms with Gasteiger partial charge in [0.15, 0.2) is 0 Å². The Morgan fingerprint density at radius 1 is 1.11 bits per heavy atom. The summed E-state index contributed by atoms with van der Waals surface area (Å²) in [6.45, 7) is 3.69. The highest BCUT2D eigenvalue weighted by atomic mass is 32.2. The smallest absolute Gasteiger partial charge is 0.313 e. The largest absolute Gasteiger partial charge is 0.466 e. The van der Waals surface area contributed by atoms with Crippen molar-refractivity contribution >= 4 is 34.6 Å². The van der Waals surface area contributed by atoms with E-state index in [1.54, 1.807) is 32.2 Å². The fraction of sp³-hybridized carbons (Fsp3) is 0.667. The summed E-state index contributed by atoms with van der Waals surface area (Å²) >= 11 is 3.96. The fourth-order valence-corrected chi connectivity index (χ4v) is 5.65. The van der Waals surface area contributed by atoms with Gasteiger partial charge in [0.2, 0.25) is 5.91 Å².